The van der Waals surface area contributed by atoms with Gasteiger partial charge in [-0.1, -0.05) is 23.7 Å². The molecule has 1 amide bonds. The minimum atomic E-state index is -0.906. The molecule has 0 aliphatic carbocycles. The fourth-order valence-corrected chi connectivity index (χ4v) is 4.62. The summed E-state index contributed by atoms with van der Waals surface area (Å²) in [7, 11) is 0. The monoisotopic (exact) mass is 378 g/mol. The van der Waals surface area contributed by atoms with E-state index in [1.807, 2.05) is 29.2 Å². The molecule has 0 aromatic heterocycles. The number of carboxylic acid groups (broad SMARTS) is 1. The van der Waals surface area contributed by atoms with Crippen LogP contribution in [-0.4, -0.2) is 65.2 Å². The van der Waals surface area contributed by atoms with E-state index >= 15 is 0 Å². The van der Waals surface area contributed by atoms with E-state index in [9.17, 15) is 14.7 Å². The number of carbonyl (C=O) groups excluding carboxylic acids is 1. The lowest BCUT2D eigenvalue weighted by Crippen LogP contribution is -2.53. The van der Waals surface area contributed by atoms with Gasteiger partial charge in [-0.25, -0.2) is 0 Å². The largest absolute Gasteiger partial charge is 0.481 e. The molecule has 6 nitrogen and oxygen atoms in total. The maximum atomic E-state index is 13.0. The fourth-order valence-electron chi connectivity index (χ4n) is 4.49. The van der Waals surface area contributed by atoms with Crippen molar-refractivity contribution in [2.45, 2.75) is 31.6 Å². The molecule has 26 heavy (non-hydrogen) atoms. The zero-order chi connectivity index (χ0) is 18.3. The van der Waals surface area contributed by atoms with Crippen molar-refractivity contribution in [2.75, 3.05) is 26.2 Å². The number of ether oxygens (including phenoxy) is 1. The molecular weight excluding hydrogens is 356 g/mol. The molecule has 0 spiro atoms. The molecule has 7 heteroatoms. The topological polar surface area (TPSA) is 70.1 Å². The third-order valence-corrected chi connectivity index (χ3v) is 6.10. The molecule has 140 valence electrons. The zero-order valence-corrected chi connectivity index (χ0v) is 15.3. The minimum Gasteiger partial charge on any atom is -0.481 e. The van der Waals surface area contributed by atoms with Crippen LogP contribution in [0.4, 0.5) is 0 Å². The van der Waals surface area contributed by atoms with Gasteiger partial charge in [-0.2, -0.15) is 0 Å². The van der Waals surface area contributed by atoms with Gasteiger partial charge in [0.25, 0.3) is 0 Å². The number of carbonyl (C=O) groups is 2. The van der Waals surface area contributed by atoms with E-state index in [1.54, 1.807) is 0 Å². The Bertz CT molecular complexity index is 687. The summed E-state index contributed by atoms with van der Waals surface area (Å²) < 4.78 is 5.73. The number of halogens is 1. The molecule has 4 rings (SSSR count). The second-order valence-corrected chi connectivity index (χ2v) is 7.84. The summed E-state index contributed by atoms with van der Waals surface area (Å²) >= 11 is 5.92. The molecule has 3 fully saturated rings. The number of benzene rings is 1. The number of carboxylic acids is 1. The summed E-state index contributed by atoms with van der Waals surface area (Å²) in [6.07, 6.45) is 1.03. The molecule has 1 aromatic rings. The van der Waals surface area contributed by atoms with Gasteiger partial charge >= 0.3 is 5.97 Å². The highest BCUT2D eigenvalue weighted by Gasteiger charge is 2.56. The van der Waals surface area contributed by atoms with E-state index in [4.69, 9.17) is 16.3 Å². The van der Waals surface area contributed by atoms with Crippen molar-refractivity contribution >= 4 is 23.5 Å². The van der Waals surface area contributed by atoms with Gasteiger partial charge in [0, 0.05) is 37.7 Å². The second-order valence-electron chi connectivity index (χ2n) is 7.41. The molecule has 3 saturated heterocycles. The quantitative estimate of drug-likeness (QED) is 0.866. The van der Waals surface area contributed by atoms with Crippen molar-refractivity contribution in [3.8, 4) is 0 Å². The Morgan fingerprint density at radius 3 is 2.27 bits per heavy atom. The van der Waals surface area contributed by atoms with Gasteiger partial charge in [0.2, 0.25) is 5.91 Å². The van der Waals surface area contributed by atoms with Crippen molar-refractivity contribution in [3.63, 3.8) is 0 Å². The molecule has 3 aliphatic rings. The smallest absolute Gasteiger partial charge is 0.310 e. The van der Waals surface area contributed by atoms with Gasteiger partial charge in [0.05, 0.1) is 24.0 Å². The third-order valence-electron chi connectivity index (χ3n) is 5.85. The van der Waals surface area contributed by atoms with E-state index < -0.39 is 17.8 Å². The first kappa shape index (κ1) is 17.8. The number of hydrogen-bond donors (Lipinski definition) is 1. The summed E-state index contributed by atoms with van der Waals surface area (Å²) in [5.74, 6) is -2.16. The van der Waals surface area contributed by atoms with Gasteiger partial charge < -0.3 is 14.7 Å². The number of aliphatic carboxylic acids is 1. The highest BCUT2D eigenvalue weighted by molar-refractivity contribution is 6.30. The average Bonchev–Trinajstić information content (AvgIpc) is 3.25. The normalized spacial score (nSPS) is 31.3. The van der Waals surface area contributed by atoms with Crippen molar-refractivity contribution in [2.24, 2.45) is 11.8 Å². The second kappa shape index (κ2) is 7.18. The van der Waals surface area contributed by atoms with Gasteiger partial charge in [-0.3, -0.25) is 14.5 Å². The van der Waals surface area contributed by atoms with Gasteiger partial charge in [-0.15, -0.1) is 0 Å². The van der Waals surface area contributed by atoms with Crippen LogP contribution in [0.5, 0.6) is 0 Å². The summed E-state index contributed by atoms with van der Waals surface area (Å²) in [5.41, 5.74) is 1.20. The molecule has 1 N–H and O–H groups in total. The maximum absolute atomic E-state index is 13.0. The van der Waals surface area contributed by atoms with Crippen LogP contribution < -0.4 is 0 Å². The van der Waals surface area contributed by atoms with Gasteiger partial charge in [0.1, 0.15) is 0 Å². The molecular formula is C19H23ClN2O4. The lowest BCUT2D eigenvalue weighted by Gasteiger charge is -2.37. The Morgan fingerprint density at radius 2 is 1.65 bits per heavy atom. The van der Waals surface area contributed by atoms with Crippen LogP contribution in [0.25, 0.3) is 0 Å². The Morgan fingerprint density at radius 1 is 1.04 bits per heavy atom. The minimum absolute atomic E-state index is 0.0456. The number of nitrogens with zero attached hydrogens (tertiary/aromatic N) is 2. The van der Waals surface area contributed by atoms with Crippen LogP contribution >= 0.6 is 11.6 Å². The first-order valence-electron chi connectivity index (χ1n) is 9.17. The highest BCUT2D eigenvalue weighted by atomic mass is 35.5. The van der Waals surface area contributed by atoms with Crippen LogP contribution in [0, 0.1) is 11.8 Å². The molecule has 3 heterocycles. The van der Waals surface area contributed by atoms with Crippen LogP contribution in [0.3, 0.4) is 0 Å². The van der Waals surface area contributed by atoms with Crippen molar-refractivity contribution in [1.82, 2.24) is 9.80 Å². The average molecular weight is 379 g/mol. The lowest BCUT2D eigenvalue weighted by molar-refractivity contribution is -0.151. The first-order chi connectivity index (χ1) is 12.5. The number of amides is 1. The number of piperazine rings is 1. The predicted molar refractivity (Wildman–Crippen MR) is 95.8 cm³/mol. The molecule has 0 unspecified atom stereocenters. The first-order valence-corrected chi connectivity index (χ1v) is 9.54. The number of rotatable bonds is 4. The third kappa shape index (κ3) is 3.33. The molecule has 2 bridgehead atoms. The van der Waals surface area contributed by atoms with Gasteiger partial charge in [-0.05, 0) is 30.5 Å². The summed E-state index contributed by atoms with van der Waals surface area (Å²) in [5, 5.41) is 10.2. The molecule has 0 radical (unpaired) electrons. The van der Waals surface area contributed by atoms with E-state index in [1.165, 1.54) is 5.56 Å². The Hall–Kier alpha value is -1.63. The Labute approximate surface area is 157 Å². The van der Waals surface area contributed by atoms with E-state index in [2.05, 4.69) is 4.90 Å². The predicted octanol–water partition coefficient (Wildman–Crippen LogP) is 1.86. The highest BCUT2D eigenvalue weighted by Crippen LogP contribution is 2.44. The van der Waals surface area contributed by atoms with E-state index in [0.29, 0.717) is 13.1 Å². The van der Waals surface area contributed by atoms with Crippen molar-refractivity contribution in [1.29, 1.82) is 0 Å². The summed E-state index contributed by atoms with van der Waals surface area (Å²) in [4.78, 5) is 28.7. The van der Waals surface area contributed by atoms with E-state index in [0.717, 1.165) is 37.5 Å². The molecule has 0 saturated carbocycles. The van der Waals surface area contributed by atoms with Gasteiger partial charge in [0.15, 0.2) is 0 Å². The zero-order valence-electron chi connectivity index (χ0n) is 14.5. The lowest BCUT2D eigenvalue weighted by atomic mass is 9.78. The molecule has 1 aromatic carbocycles. The summed E-state index contributed by atoms with van der Waals surface area (Å²) in [6.45, 7) is 3.66. The number of hydrogen-bond acceptors (Lipinski definition) is 4. The fraction of sp³-hybridized carbons (Fsp3) is 0.579. The van der Waals surface area contributed by atoms with Crippen molar-refractivity contribution < 1.29 is 19.4 Å². The summed E-state index contributed by atoms with van der Waals surface area (Å²) in [6, 6.07) is 7.81. The Kier molecular flexibility index (Phi) is 4.90. The van der Waals surface area contributed by atoms with Crippen LogP contribution in [0.15, 0.2) is 24.3 Å². The maximum Gasteiger partial charge on any atom is 0.310 e. The van der Waals surface area contributed by atoms with Crippen LogP contribution in [-0.2, 0) is 20.9 Å². The molecule has 3 aliphatic heterocycles. The standard InChI is InChI=1S/C19H23ClN2O4/c20-13-3-1-12(2-4-13)11-21-7-9-22(10-8-21)18(23)16-14-5-6-15(26-14)17(16)19(24)25/h1-4,14-17H,5-11H2,(H,24,25)/t14-,15-,16-,17+/m1/s1. The van der Waals surface area contributed by atoms with Crippen molar-refractivity contribution in [3.05, 3.63) is 34.9 Å². The number of fused-ring (bicyclic) bond motifs is 2. The SMILES string of the molecule is O=C(O)[C@@H]1[C@H](C(=O)N2CCN(Cc3ccc(Cl)cc3)CC2)[C@H]2CC[C@H]1O2. The van der Waals surface area contributed by atoms with E-state index in [-0.39, 0.29) is 18.1 Å². The Balaban J connectivity index is 1.35. The molecule has 4 atom stereocenters. The van der Waals surface area contributed by atoms with Crippen LogP contribution in [0.1, 0.15) is 18.4 Å². The van der Waals surface area contributed by atoms with Crippen LogP contribution in [0.2, 0.25) is 5.02 Å².